The molecule has 22 heavy (non-hydrogen) atoms. The van der Waals surface area contributed by atoms with Gasteiger partial charge in [-0.15, -0.1) is 0 Å². The summed E-state index contributed by atoms with van der Waals surface area (Å²) in [5.41, 5.74) is 2.62. The van der Waals surface area contributed by atoms with Crippen LogP contribution in [0.4, 0.5) is 5.69 Å². The Hall–Kier alpha value is -2.43. The van der Waals surface area contributed by atoms with Crippen LogP contribution in [0.2, 0.25) is 0 Å². The van der Waals surface area contributed by atoms with Crippen LogP contribution in [0, 0.1) is 6.92 Å². The van der Waals surface area contributed by atoms with Gasteiger partial charge in [0.05, 0.1) is 0 Å². The van der Waals surface area contributed by atoms with Gasteiger partial charge in [0, 0.05) is 49.7 Å². The van der Waals surface area contributed by atoms with Gasteiger partial charge in [-0.1, -0.05) is 12.1 Å². The van der Waals surface area contributed by atoms with Gasteiger partial charge in [0.1, 0.15) is 11.5 Å². The third-order valence-corrected chi connectivity index (χ3v) is 3.54. The summed E-state index contributed by atoms with van der Waals surface area (Å²) in [4.78, 5) is 29.5. The van der Waals surface area contributed by atoms with Crippen LogP contribution in [0.3, 0.4) is 0 Å². The molecule has 1 aromatic heterocycles. The van der Waals surface area contributed by atoms with Crippen LogP contribution in [0.1, 0.15) is 29.4 Å². The first kappa shape index (κ1) is 15.9. The maximum Gasteiger partial charge on any atom is 0.270 e. The maximum absolute atomic E-state index is 12.3. The minimum Gasteiger partial charge on any atom is -0.377 e. The highest BCUT2D eigenvalue weighted by molar-refractivity contribution is 6.08. The van der Waals surface area contributed by atoms with Crippen LogP contribution in [0.5, 0.6) is 0 Å². The normalized spacial score (nSPS) is 10.5. The average Bonchev–Trinajstić information content (AvgIpc) is 2.45. The number of hydrogen-bond donors (Lipinski definition) is 1. The van der Waals surface area contributed by atoms with Crippen LogP contribution in [0.25, 0.3) is 10.8 Å². The zero-order valence-corrected chi connectivity index (χ0v) is 13.4. The largest absolute Gasteiger partial charge is 0.377 e. The first-order valence-corrected chi connectivity index (χ1v) is 7.25. The number of amides is 1. The van der Waals surface area contributed by atoms with Crippen LogP contribution in [-0.4, -0.2) is 37.3 Å². The van der Waals surface area contributed by atoms with Crippen molar-refractivity contribution in [1.29, 1.82) is 0 Å². The zero-order chi connectivity index (χ0) is 16.3. The number of nitrogens with one attached hydrogen (secondary N) is 1. The molecule has 0 spiro atoms. The summed E-state index contributed by atoms with van der Waals surface area (Å²) in [6, 6.07) is 5.83. The molecule has 0 saturated heterocycles. The molecular weight excluding hydrogens is 278 g/mol. The molecule has 0 saturated carbocycles. The highest BCUT2D eigenvalue weighted by Gasteiger charge is 2.15. The fourth-order valence-corrected chi connectivity index (χ4v) is 2.56. The van der Waals surface area contributed by atoms with E-state index in [0.29, 0.717) is 18.7 Å². The number of fused-ring (bicyclic) bond motifs is 1. The lowest BCUT2D eigenvalue weighted by Crippen LogP contribution is -2.26. The van der Waals surface area contributed by atoms with E-state index in [1.54, 1.807) is 6.20 Å². The maximum atomic E-state index is 12.3. The molecule has 5 heteroatoms. The van der Waals surface area contributed by atoms with Crippen molar-refractivity contribution in [3.05, 3.63) is 35.7 Å². The Bertz CT molecular complexity index is 723. The van der Waals surface area contributed by atoms with E-state index < -0.39 is 0 Å². The van der Waals surface area contributed by atoms with E-state index in [1.807, 2.05) is 44.1 Å². The van der Waals surface area contributed by atoms with Gasteiger partial charge in [-0.25, -0.2) is 0 Å². The highest BCUT2D eigenvalue weighted by Crippen LogP contribution is 2.30. The molecule has 1 N–H and O–H groups in total. The summed E-state index contributed by atoms with van der Waals surface area (Å²) in [5, 5.41) is 4.56. The Morgan fingerprint density at radius 3 is 2.55 bits per heavy atom. The summed E-state index contributed by atoms with van der Waals surface area (Å²) in [5.74, 6) is -0.197. The number of Topliss-reactive ketones (excluding diaryl/α,β-unsaturated/α-hetero) is 1. The third-order valence-electron chi connectivity index (χ3n) is 3.54. The Morgan fingerprint density at radius 1 is 1.18 bits per heavy atom. The van der Waals surface area contributed by atoms with E-state index in [1.165, 1.54) is 6.92 Å². The summed E-state index contributed by atoms with van der Waals surface area (Å²) >= 11 is 0. The number of aryl methyl sites for hydroxylation is 1. The van der Waals surface area contributed by atoms with Crippen molar-refractivity contribution in [2.24, 2.45) is 0 Å². The molecular formula is C17H21N3O2. The Balaban J connectivity index is 2.41. The lowest BCUT2D eigenvalue weighted by atomic mass is 10.0. The summed E-state index contributed by atoms with van der Waals surface area (Å²) in [6.45, 7) is 3.88. The second-order valence-electron chi connectivity index (χ2n) is 5.59. The number of carbonyl (C=O) groups excluding carboxylic acids is 2. The highest BCUT2D eigenvalue weighted by atomic mass is 16.2. The van der Waals surface area contributed by atoms with E-state index in [4.69, 9.17) is 0 Å². The number of nitrogens with zero attached hydrogens (tertiary/aromatic N) is 2. The number of carbonyl (C=O) groups is 2. The van der Waals surface area contributed by atoms with Gasteiger partial charge in [0.2, 0.25) is 0 Å². The van der Waals surface area contributed by atoms with Crippen LogP contribution in [-0.2, 0) is 4.79 Å². The number of rotatable bonds is 5. The molecule has 2 aromatic rings. The standard InChI is InChI=1S/C17H21N3O2/c1-11-5-6-13-14(16(11)20(3)4)8-10-18-15(13)17(22)19-9-7-12(2)21/h5-6,8,10H,7,9H2,1-4H3,(H,19,22). The lowest BCUT2D eigenvalue weighted by molar-refractivity contribution is -0.116. The average molecular weight is 299 g/mol. The first-order valence-electron chi connectivity index (χ1n) is 7.25. The Morgan fingerprint density at radius 2 is 1.91 bits per heavy atom. The molecule has 0 unspecified atom stereocenters. The van der Waals surface area contributed by atoms with Crippen LogP contribution >= 0.6 is 0 Å². The van der Waals surface area contributed by atoms with Gasteiger partial charge in [-0.3, -0.25) is 14.6 Å². The van der Waals surface area contributed by atoms with Crippen molar-refractivity contribution in [1.82, 2.24) is 10.3 Å². The Kier molecular flexibility index (Phi) is 4.75. The van der Waals surface area contributed by atoms with Crippen LogP contribution < -0.4 is 10.2 Å². The van der Waals surface area contributed by atoms with Crippen molar-refractivity contribution in [2.45, 2.75) is 20.3 Å². The molecule has 0 bridgehead atoms. The quantitative estimate of drug-likeness (QED) is 0.920. The molecule has 1 heterocycles. The molecule has 0 atom stereocenters. The van der Waals surface area contributed by atoms with Gasteiger partial charge in [-0.05, 0) is 25.5 Å². The summed E-state index contributed by atoms with van der Waals surface area (Å²) in [7, 11) is 3.96. The summed E-state index contributed by atoms with van der Waals surface area (Å²) < 4.78 is 0. The van der Waals surface area contributed by atoms with Crippen molar-refractivity contribution >= 4 is 28.2 Å². The third kappa shape index (κ3) is 3.24. The van der Waals surface area contributed by atoms with Crippen molar-refractivity contribution < 1.29 is 9.59 Å². The molecule has 5 nitrogen and oxygen atoms in total. The summed E-state index contributed by atoms with van der Waals surface area (Å²) in [6.07, 6.45) is 1.98. The van der Waals surface area contributed by atoms with E-state index >= 15 is 0 Å². The molecule has 1 amide bonds. The molecule has 0 radical (unpaired) electrons. The molecule has 0 aliphatic rings. The fourth-order valence-electron chi connectivity index (χ4n) is 2.56. The van der Waals surface area contributed by atoms with E-state index in [0.717, 1.165) is 22.0 Å². The SMILES string of the molecule is CC(=O)CCNC(=O)c1nccc2c(N(C)C)c(C)ccc12. The number of ketones is 1. The monoisotopic (exact) mass is 299 g/mol. The Labute approximate surface area is 130 Å². The van der Waals surface area contributed by atoms with Gasteiger partial charge in [0.15, 0.2) is 0 Å². The molecule has 0 fully saturated rings. The fraction of sp³-hybridized carbons (Fsp3) is 0.353. The van der Waals surface area contributed by atoms with Crippen molar-refractivity contribution in [3.8, 4) is 0 Å². The number of anilines is 1. The van der Waals surface area contributed by atoms with Crippen molar-refractivity contribution in [2.75, 3.05) is 25.5 Å². The lowest BCUT2D eigenvalue weighted by Gasteiger charge is -2.19. The van der Waals surface area contributed by atoms with Crippen molar-refractivity contribution in [3.63, 3.8) is 0 Å². The minimum atomic E-state index is -0.250. The molecule has 2 rings (SSSR count). The molecule has 116 valence electrons. The number of aromatic nitrogens is 1. The van der Waals surface area contributed by atoms with E-state index in [9.17, 15) is 9.59 Å². The van der Waals surface area contributed by atoms with E-state index in [-0.39, 0.29) is 11.7 Å². The molecule has 0 aliphatic carbocycles. The number of pyridine rings is 1. The second kappa shape index (κ2) is 6.56. The predicted molar refractivity (Wildman–Crippen MR) is 88.4 cm³/mol. The predicted octanol–water partition coefficient (Wildman–Crippen LogP) is 2.32. The zero-order valence-electron chi connectivity index (χ0n) is 13.4. The molecule has 1 aromatic carbocycles. The van der Waals surface area contributed by atoms with Gasteiger partial charge in [-0.2, -0.15) is 0 Å². The van der Waals surface area contributed by atoms with Gasteiger partial charge in [0.25, 0.3) is 5.91 Å². The number of benzene rings is 1. The smallest absolute Gasteiger partial charge is 0.270 e. The second-order valence-corrected chi connectivity index (χ2v) is 5.59. The van der Waals surface area contributed by atoms with Gasteiger partial charge < -0.3 is 10.2 Å². The topological polar surface area (TPSA) is 62.3 Å². The van der Waals surface area contributed by atoms with Crippen LogP contribution in [0.15, 0.2) is 24.4 Å². The van der Waals surface area contributed by atoms with E-state index in [2.05, 4.69) is 10.3 Å². The first-order chi connectivity index (χ1) is 10.4. The molecule has 0 aliphatic heterocycles. The van der Waals surface area contributed by atoms with Gasteiger partial charge >= 0.3 is 0 Å². The minimum absolute atomic E-state index is 0.0525. The number of hydrogen-bond acceptors (Lipinski definition) is 4.